The van der Waals surface area contributed by atoms with Crippen LogP contribution in [-0.2, 0) is 11.2 Å². The number of aryl methyl sites for hydroxylation is 1. The first-order chi connectivity index (χ1) is 11.9. The molecule has 0 aliphatic heterocycles. The van der Waals surface area contributed by atoms with Gasteiger partial charge in [-0.2, -0.15) is 0 Å². The maximum atomic E-state index is 12.6. The molecule has 0 saturated carbocycles. The molecule has 0 aliphatic carbocycles. The number of rotatable bonds is 6. The van der Waals surface area contributed by atoms with Gasteiger partial charge >= 0.3 is 5.97 Å². The second-order valence-electron chi connectivity index (χ2n) is 5.61. The third-order valence-corrected chi connectivity index (χ3v) is 4.05. The normalized spacial score (nSPS) is 10.2. The van der Waals surface area contributed by atoms with Crippen LogP contribution in [0.3, 0.4) is 0 Å². The van der Waals surface area contributed by atoms with E-state index in [2.05, 4.69) is 0 Å². The molecule has 0 aliphatic rings. The van der Waals surface area contributed by atoms with Crippen LogP contribution in [0.25, 0.3) is 0 Å². The molecule has 1 amide bonds. The Morgan fingerprint density at radius 3 is 2.36 bits per heavy atom. The molecular weight excluding hydrogens is 322 g/mol. The fourth-order valence-electron chi connectivity index (χ4n) is 2.51. The number of nitrogens with zero attached hydrogens (tertiary/aromatic N) is 1. The van der Waals surface area contributed by atoms with Gasteiger partial charge in [-0.3, -0.25) is 4.79 Å². The summed E-state index contributed by atoms with van der Waals surface area (Å²) >= 11 is 0. The van der Waals surface area contributed by atoms with E-state index in [4.69, 9.17) is 14.6 Å². The summed E-state index contributed by atoms with van der Waals surface area (Å²) in [7, 11) is 4.77. The lowest BCUT2D eigenvalue weighted by Crippen LogP contribution is -2.28. The van der Waals surface area contributed by atoms with Crippen LogP contribution in [0.1, 0.15) is 21.5 Å². The first-order valence-corrected chi connectivity index (χ1v) is 7.68. The Kier molecular flexibility index (Phi) is 5.64. The van der Waals surface area contributed by atoms with Gasteiger partial charge in [0.2, 0.25) is 5.91 Å². The maximum Gasteiger partial charge on any atom is 0.335 e. The summed E-state index contributed by atoms with van der Waals surface area (Å²) in [6.07, 6.45) is 0.164. The smallest absolute Gasteiger partial charge is 0.335 e. The van der Waals surface area contributed by atoms with Gasteiger partial charge in [0.1, 0.15) is 11.5 Å². The van der Waals surface area contributed by atoms with Crippen LogP contribution in [-0.4, -0.2) is 38.3 Å². The Bertz CT molecular complexity index is 800. The predicted octanol–water partition coefficient (Wildman–Crippen LogP) is 2.92. The minimum Gasteiger partial charge on any atom is -0.497 e. The minimum absolute atomic E-state index is 0.130. The molecule has 0 spiro atoms. The molecule has 25 heavy (non-hydrogen) atoms. The Morgan fingerprint density at radius 2 is 1.80 bits per heavy atom. The zero-order valence-corrected chi connectivity index (χ0v) is 14.7. The lowest BCUT2D eigenvalue weighted by Gasteiger charge is -2.21. The molecule has 2 aromatic carbocycles. The summed E-state index contributed by atoms with van der Waals surface area (Å²) in [5.74, 6) is 0.0606. The van der Waals surface area contributed by atoms with Gasteiger partial charge in [-0.25, -0.2) is 4.79 Å². The number of hydrogen-bond acceptors (Lipinski definition) is 4. The molecule has 132 valence electrons. The van der Waals surface area contributed by atoms with Gasteiger partial charge in [-0.15, -0.1) is 0 Å². The highest BCUT2D eigenvalue weighted by Crippen LogP contribution is 2.32. The van der Waals surface area contributed by atoms with E-state index in [1.807, 2.05) is 0 Å². The number of anilines is 1. The van der Waals surface area contributed by atoms with Crippen molar-refractivity contribution in [1.82, 2.24) is 0 Å². The lowest BCUT2D eigenvalue weighted by molar-refractivity contribution is -0.117. The monoisotopic (exact) mass is 343 g/mol. The minimum atomic E-state index is -0.985. The predicted molar refractivity (Wildman–Crippen MR) is 94.8 cm³/mol. The van der Waals surface area contributed by atoms with Crippen molar-refractivity contribution < 1.29 is 24.2 Å². The van der Waals surface area contributed by atoms with Crippen molar-refractivity contribution in [2.45, 2.75) is 13.3 Å². The number of carboxylic acids is 1. The van der Waals surface area contributed by atoms with Crippen molar-refractivity contribution in [3.05, 3.63) is 53.1 Å². The zero-order chi connectivity index (χ0) is 18.6. The number of amides is 1. The van der Waals surface area contributed by atoms with Gasteiger partial charge in [0.15, 0.2) is 0 Å². The van der Waals surface area contributed by atoms with E-state index in [-0.39, 0.29) is 17.9 Å². The van der Waals surface area contributed by atoms with E-state index >= 15 is 0 Å². The van der Waals surface area contributed by atoms with Gasteiger partial charge in [0.25, 0.3) is 0 Å². The summed E-state index contributed by atoms with van der Waals surface area (Å²) < 4.78 is 10.5. The van der Waals surface area contributed by atoms with E-state index < -0.39 is 5.97 Å². The second kappa shape index (κ2) is 7.70. The Morgan fingerprint density at radius 1 is 1.08 bits per heavy atom. The number of aromatic carboxylic acids is 1. The van der Waals surface area contributed by atoms with Crippen molar-refractivity contribution in [3.63, 3.8) is 0 Å². The van der Waals surface area contributed by atoms with Crippen molar-refractivity contribution in [3.8, 4) is 11.5 Å². The third kappa shape index (κ3) is 4.09. The number of benzene rings is 2. The molecule has 2 aromatic rings. The van der Waals surface area contributed by atoms with Gasteiger partial charge in [-0.1, -0.05) is 6.07 Å². The molecule has 0 bridgehead atoms. The van der Waals surface area contributed by atoms with Crippen molar-refractivity contribution in [2.24, 2.45) is 0 Å². The number of ether oxygens (including phenoxy) is 2. The second-order valence-corrected chi connectivity index (χ2v) is 5.61. The fraction of sp³-hybridized carbons (Fsp3) is 0.263. The molecular formula is C19H21NO5. The van der Waals surface area contributed by atoms with Gasteiger partial charge in [0, 0.05) is 13.1 Å². The molecule has 1 N–H and O–H groups in total. The molecule has 6 heteroatoms. The van der Waals surface area contributed by atoms with Crippen LogP contribution in [0.15, 0.2) is 36.4 Å². The van der Waals surface area contributed by atoms with Gasteiger partial charge < -0.3 is 19.5 Å². The molecule has 6 nitrogen and oxygen atoms in total. The van der Waals surface area contributed by atoms with Crippen LogP contribution in [0.2, 0.25) is 0 Å². The highest BCUT2D eigenvalue weighted by atomic mass is 16.5. The average molecular weight is 343 g/mol. The molecule has 0 heterocycles. The van der Waals surface area contributed by atoms with E-state index in [1.165, 1.54) is 18.1 Å². The zero-order valence-electron chi connectivity index (χ0n) is 14.7. The first-order valence-electron chi connectivity index (χ1n) is 7.68. The van der Waals surface area contributed by atoms with Crippen molar-refractivity contribution in [2.75, 3.05) is 26.2 Å². The number of likely N-dealkylation sites (N-methyl/N-ethyl adjacent to an activating group) is 1. The van der Waals surface area contributed by atoms with Crippen LogP contribution < -0.4 is 14.4 Å². The molecule has 0 unspecified atom stereocenters. The SMILES string of the molecule is COc1ccc(N(C)C(=O)Cc2ccc(C(=O)O)cc2C)c(OC)c1. The summed E-state index contributed by atoms with van der Waals surface area (Å²) in [5.41, 5.74) is 2.39. The largest absolute Gasteiger partial charge is 0.497 e. The van der Waals surface area contributed by atoms with Gasteiger partial charge in [0.05, 0.1) is 31.9 Å². The number of carbonyl (C=O) groups is 2. The summed E-state index contributed by atoms with van der Waals surface area (Å²) in [5, 5.41) is 9.02. The highest BCUT2D eigenvalue weighted by molar-refractivity contribution is 5.96. The van der Waals surface area contributed by atoms with Crippen LogP contribution in [0, 0.1) is 6.92 Å². The summed E-state index contributed by atoms with van der Waals surface area (Å²) in [4.78, 5) is 25.1. The molecule has 0 saturated heterocycles. The lowest BCUT2D eigenvalue weighted by atomic mass is 10.0. The standard InChI is InChI=1S/C19H21NO5/c1-12-9-14(19(22)23)6-5-13(12)10-18(21)20(2)16-8-7-15(24-3)11-17(16)25-4/h5-9,11H,10H2,1-4H3,(H,22,23). The molecule has 0 radical (unpaired) electrons. The molecule has 2 rings (SSSR count). The van der Waals surface area contributed by atoms with E-state index in [1.54, 1.807) is 51.4 Å². The Labute approximate surface area is 146 Å². The Hall–Kier alpha value is -3.02. The third-order valence-electron chi connectivity index (χ3n) is 4.05. The number of carboxylic acid groups (broad SMARTS) is 1. The van der Waals surface area contributed by atoms with Gasteiger partial charge in [-0.05, 0) is 42.3 Å². The maximum absolute atomic E-state index is 12.6. The van der Waals surface area contributed by atoms with E-state index in [0.717, 1.165) is 11.1 Å². The molecule has 0 atom stereocenters. The summed E-state index contributed by atoms with van der Waals surface area (Å²) in [6, 6.07) is 9.98. The van der Waals surface area contributed by atoms with Crippen molar-refractivity contribution >= 4 is 17.6 Å². The number of hydrogen-bond donors (Lipinski definition) is 1. The average Bonchev–Trinajstić information content (AvgIpc) is 2.61. The van der Waals surface area contributed by atoms with Crippen LogP contribution >= 0.6 is 0 Å². The molecule has 0 fully saturated rings. The van der Waals surface area contributed by atoms with Crippen LogP contribution in [0.4, 0.5) is 5.69 Å². The van der Waals surface area contributed by atoms with Crippen LogP contribution in [0.5, 0.6) is 11.5 Å². The number of methoxy groups -OCH3 is 2. The van der Waals surface area contributed by atoms with Crippen molar-refractivity contribution in [1.29, 1.82) is 0 Å². The van der Waals surface area contributed by atoms with E-state index in [9.17, 15) is 9.59 Å². The topological polar surface area (TPSA) is 76.1 Å². The summed E-state index contributed by atoms with van der Waals surface area (Å²) in [6.45, 7) is 1.79. The quantitative estimate of drug-likeness (QED) is 0.873. The fourth-order valence-corrected chi connectivity index (χ4v) is 2.51. The molecule has 0 aromatic heterocycles. The number of carbonyl (C=O) groups excluding carboxylic acids is 1. The first kappa shape index (κ1) is 18.3. The highest BCUT2D eigenvalue weighted by Gasteiger charge is 2.17. The Balaban J connectivity index is 2.22. The van der Waals surface area contributed by atoms with E-state index in [0.29, 0.717) is 17.2 Å².